The second kappa shape index (κ2) is 8.19. The Morgan fingerprint density at radius 2 is 1.79 bits per heavy atom. The molecule has 0 spiro atoms. The molecule has 0 unspecified atom stereocenters. The van der Waals surface area contributed by atoms with E-state index in [1.54, 1.807) is 0 Å². The number of amides is 1. The van der Waals surface area contributed by atoms with Crippen LogP contribution in [0.5, 0.6) is 0 Å². The van der Waals surface area contributed by atoms with E-state index in [1.807, 2.05) is 30.3 Å². The molecule has 1 atom stereocenters. The van der Waals surface area contributed by atoms with Crippen molar-refractivity contribution in [2.45, 2.75) is 18.9 Å². The number of aryl methyl sites for hydroxylation is 1. The van der Waals surface area contributed by atoms with Crippen LogP contribution in [-0.2, 0) is 16.0 Å². The van der Waals surface area contributed by atoms with Gasteiger partial charge in [0.1, 0.15) is 6.04 Å². The summed E-state index contributed by atoms with van der Waals surface area (Å²) in [5.41, 5.74) is 0.941. The van der Waals surface area contributed by atoms with Gasteiger partial charge in [0.2, 0.25) is 0 Å². The molecule has 0 saturated heterocycles. The summed E-state index contributed by atoms with van der Waals surface area (Å²) in [6.45, 7) is 0. The van der Waals surface area contributed by atoms with Crippen molar-refractivity contribution in [1.29, 1.82) is 0 Å². The zero-order valence-electron chi connectivity index (χ0n) is 13.1. The van der Waals surface area contributed by atoms with Crippen LogP contribution >= 0.6 is 0 Å². The highest BCUT2D eigenvalue weighted by atomic mass is 19.2. The van der Waals surface area contributed by atoms with Crippen molar-refractivity contribution in [3.05, 3.63) is 71.3 Å². The van der Waals surface area contributed by atoms with Crippen LogP contribution in [0, 0.1) is 11.6 Å². The smallest absolute Gasteiger partial charge is 0.328 e. The van der Waals surface area contributed by atoms with Crippen molar-refractivity contribution in [2.75, 3.05) is 7.11 Å². The number of benzene rings is 2. The quantitative estimate of drug-likeness (QED) is 0.827. The lowest BCUT2D eigenvalue weighted by Gasteiger charge is -2.16. The highest BCUT2D eigenvalue weighted by Crippen LogP contribution is 2.11. The van der Waals surface area contributed by atoms with Crippen LogP contribution in [0.2, 0.25) is 0 Å². The lowest BCUT2D eigenvalue weighted by atomic mass is 10.0. The predicted octanol–water partition coefficient (Wildman–Crippen LogP) is 2.87. The van der Waals surface area contributed by atoms with Crippen LogP contribution in [0.1, 0.15) is 22.3 Å². The number of halogens is 2. The van der Waals surface area contributed by atoms with Crippen molar-refractivity contribution in [2.24, 2.45) is 0 Å². The summed E-state index contributed by atoms with van der Waals surface area (Å²) in [5, 5.41) is 2.50. The summed E-state index contributed by atoms with van der Waals surface area (Å²) >= 11 is 0. The molecule has 126 valence electrons. The summed E-state index contributed by atoms with van der Waals surface area (Å²) in [4.78, 5) is 24.0. The molecular formula is C18H17F2NO3. The zero-order chi connectivity index (χ0) is 17.5. The summed E-state index contributed by atoms with van der Waals surface area (Å²) in [6, 6.07) is 11.4. The first-order valence-corrected chi connectivity index (χ1v) is 7.39. The molecule has 0 aromatic heterocycles. The van der Waals surface area contributed by atoms with Gasteiger partial charge in [-0.3, -0.25) is 4.79 Å². The monoisotopic (exact) mass is 333 g/mol. The van der Waals surface area contributed by atoms with Crippen LogP contribution in [-0.4, -0.2) is 25.0 Å². The third-order valence-electron chi connectivity index (χ3n) is 3.54. The van der Waals surface area contributed by atoms with Gasteiger partial charge in [0, 0.05) is 5.56 Å². The molecule has 1 N–H and O–H groups in total. The van der Waals surface area contributed by atoms with Crippen molar-refractivity contribution in [3.63, 3.8) is 0 Å². The summed E-state index contributed by atoms with van der Waals surface area (Å²) < 4.78 is 30.9. The molecule has 0 aliphatic rings. The Balaban J connectivity index is 2.06. The Kier molecular flexibility index (Phi) is 6.01. The Hall–Kier alpha value is -2.76. The molecule has 2 aromatic carbocycles. The topological polar surface area (TPSA) is 55.4 Å². The summed E-state index contributed by atoms with van der Waals surface area (Å²) in [6.07, 6.45) is 0.880. The van der Waals surface area contributed by atoms with E-state index >= 15 is 0 Å². The molecule has 0 heterocycles. The molecule has 0 aliphatic heterocycles. The number of rotatable bonds is 6. The Bertz CT molecular complexity index is 719. The minimum Gasteiger partial charge on any atom is -0.467 e. The van der Waals surface area contributed by atoms with E-state index in [0.29, 0.717) is 12.8 Å². The fraction of sp³-hybridized carbons (Fsp3) is 0.222. The number of methoxy groups -OCH3 is 1. The van der Waals surface area contributed by atoms with Crippen LogP contribution < -0.4 is 5.32 Å². The predicted molar refractivity (Wildman–Crippen MR) is 84.4 cm³/mol. The molecule has 0 bridgehead atoms. The number of carbonyl (C=O) groups is 2. The first-order valence-electron chi connectivity index (χ1n) is 7.39. The molecule has 0 radical (unpaired) electrons. The van der Waals surface area contributed by atoms with Crippen molar-refractivity contribution >= 4 is 11.9 Å². The number of hydrogen-bond donors (Lipinski definition) is 1. The van der Waals surface area contributed by atoms with Crippen molar-refractivity contribution < 1.29 is 23.1 Å². The van der Waals surface area contributed by atoms with Gasteiger partial charge >= 0.3 is 5.97 Å². The molecule has 0 aliphatic carbocycles. The molecule has 24 heavy (non-hydrogen) atoms. The number of nitrogens with one attached hydrogen (secondary N) is 1. The van der Waals surface area contributed by atoms with E-state index in [4.69, 9.17) is 4.74 Å². The van der Waals surface area contributed by atoms with E-state index < -0.39 is 29.6 Å². The number of carbonyl (C=O) groups excluding carboxylic acids is 2. The molecule has 0 fully saturated rings. The summed E-state index contributed by atoms with van der Waals surface area (Å²) in [7, 11) is 1.22. The van der Waals surface area contributed by atoms with Crippen LogP contribution in [0.4, 0.5) is 8.78 Å². The van der Waals surface area contributed by atoms with Gasteiger partial charge < -0.3 is 10.1 Å². The van der Waals surface area contributed by atoms with Gasteiger partial charge in [-0.1, -0.05) is 30.3 Å². The lowest BCUT2D eigenvalue weighted by Crippen LogP contribution is -2.41. The van der Waals surface area contributed by atoms with Crippen LogP contribution in [0.15, 0.2) is 48.5 Å². The third-order valence-corrected chi connectivity index (χ3v) is 3.54. The maximum absolute atomic E-state index is 13.2. The number of esters is 1. The van der Waals surface area contributed by atoms with E-state index in [1.165, 1.54) is 7.11 Å². The maximum Gasteiger partial charge on any atom is 0.328 e. The van der Waals surface area contributed by atoms with Gasteiger partial charge in [0.15, 0.2) is 11.6 Å². The Labute approximate surface area is 138 Å². The van der Waals surface area contributed by atoms with E-state index in [9.17, 15) is 18.4 Å². The molecule has 2 aromatic rings. The first kappa shape index (κ1) is 17.6. The lowest BCUT2D eigenvalue weighted by molar-refractivity contribution is -0.143. The average molecular weight is 333 g/mol. The van der Waals surface area contributed by atoms with Gasteiger partial charge in [-0.05, 0) is 36.6 Å². The highest BCUT2D eigenvalue weighted by Gasteiger charge is 2.22. The fourth-order valence-electron chi connectivity index (χ4n) is 2.23. The second-order valence-corrected chi connectivity index (χ2v) is 5.20. The fourth-order valence-corrected chi connectivity index (χ4v) is 2.23. The van der Waals surface area contributed by atoms with E-state index in [-0.39, 0.29) is 5.56 Å². The normalized spacial score (nSPS) is 11.6. The molecule has 1 amide bonds. The Morgan fingerprint density at radius 3 is 2.42 bits per heavy atom. The standard InChI is InChI=1S/C18H17F2NO3/c1-24-18(23)16(10-7-12-5-3-2-4-6-12)21-17(22)13-8-9-14(19)15(20)11-13/h2-6,8-9,11,16H,7,10H2,1H3,(H,21,22)/t16-/m0/s1. The highest BCUT2D eigenvalue weighted by molar-refractivity contribution is 5.96. The molecule has 4 nitrogen and oxygen atoms in total. The molecule has 2 rings (SSSR count). The van der Waals surface area contributed by atoms with Gasteiger partial charge in [-0.15, -0.1) is 0 Å². The zero-order valence-corrected chi connectivity index (χ0v) is 13.1. The largest absolute Gasteiger partial charge is 0.467 e. The van der Waals surface area contributed by atoms with Gasteiger partial charge in [-0.2, -0.15) is 0 Å². The molecular weight excluding hydrogens is 316 g/mol. The molecule has 0 saturated carbocycles. The van der Waals surface area contributed by atoms with E-state index in [0.717, 1.165) is 23.8 Å². The van der Waals surface area contributed by atoms with Crippen LogP contribution in [0.3, 0.4) is 0 Å². The number of hydrogen-bond acceptors (Lipinski definition) is 3. The van der Waals surface area contributed by atoms with Crippen molar-refractivity contribution in [1.82, 2.24) is 5.32 Å². The summed E-state index contributed by atoms with van der Waals surface area (Å²) in [5.74, 6) is -3.43. The van der Waals surface area contributed by atoms with Gasteiger partial charge in [0.05, 0.1) is 7.11 Å². The van der Waals surface area contributed by atoms with Crippen LogP contribution in [0.25, 0.3) is 0 Å². The Morgan fingerprint density at radius 1 is 1.08 bits per heavy atom. The number of ether oxygens (including phenoxy) is 1. The van der Waals surface area contributed by atoms with Gasteiger partial charge in [0.25, 0.3) is 5.91 Å². The van der Waals surface area contributed by atoms with Gasteiger partial charge in [-0.25, -0.2) is 13.6 Å². The maximum atomic E-state index is 13.2. The first-order chi connectivity index (χ1) is 11.5. The van der Waals surface area contributed by atoms with Crippen molar-refractivity contribution in [3.8, 4) is 0 Å². The second-order valence-electron chi connectivity index (χ2n) is 5.20. The SMILES string of the molecule is COC(=O)[C@H](CCc1ccccc1)NC(=O)c1ccc(F)c(F)c1. The minimum absolute atomic E-state index is 0.0671. The molecule has 6 heteroatoms. The average Bonchev–Trinajstić information content (AvgIpc) is 2.60. The minimum atomic E-state index is -1.12. The third kappa shape index (κ3) is 4.62. The van der Waals surface area contributed by atoms with E-state index in [2.05, 4.69) is 5.32 Å².